The second-order valence-corrected chi connectivity index (χ2v) is 6.66. The highest BCUT2D eigenvalue weighted by molar-refractivity contribution is 6.42. The van der Waals surface area contributed by atoms with Gasteiger partial charge < -0.3 is 0 Å². The highest BCUT2D eigenvalue weighted by Gasteiger charge is 2.27. The van der Waals surface area contributed by atoms with Crippen LogP contribution >= 0.6 is 23.2 Å². The molecule has 0 heterocycles. The number of hydrogen-bond donors (Lipinski definition) is 2. The number of nitrogens with one attached hydrogen (secondary N) is 1. The van der Waals surface area contributed by atoms with Gasteiger partial charge in [0.1, 0.15) is 0 Å². The number of benzene rings is 1. The summed E-state index contributed by atoms with van der Waals surface area (Å²) in [5, 5.41) is 1.28. The Labute approximate surface area is 132 Å². The lowest BCUT2D eigenvalue weighted by molar-refractivity contribution is 0.217. The molecule has 0 aromatic heterocycles. The van der Waals surface area contributed by atoms with Gasteiger partial charge in [0.25, 0.3) is 0 Å². The van der Waals surface area contributed by atoms with Gasteiger partial charge in [0.15, 0.2) is 0 Å². The monoisotopic (exact) mass is 314 g/mol. The number of nitrogens with two attached hydrogens (primary N) is 1. The fraction of sp³-hybridized carbons (Fsp3) is 0.625. The Morgan fingerprint density at radius 1 is 1.25 bits per heavy atom. The maximum atomic E-state index is 6.28. The molecule has 0 radical (unpaired) electrons. The molecular weight excluding hydrogens is 291 g/mol. The van der Waals surface area contributed by atoms with Crippen molar-refractivity contribution in [3.05, 3.63) is 33.8 Å². The molecule has 1 aliphatic carbocycles. The van der Waals surface area contributed by atoms with Crippen molar-refractivity contribution in [2.75, 3.05) is 0 Å². The standard InChI is InChI=1S/C16H24Cl2N2/c1-2-11-6-8-12(9-7-11)15(20-19)10-13-4-3-5-14(17)16(13)18/h3-5,11-12,15,20H,2,6-10,19H2,1H3. The first kappa shape index (κ1) is 16.1. The topological polar surface area (TPSA) is 38.0 Å². The van der Waals surface area contributed by atoms with Gasteiger partial charge in [-0.3, -0.25) is 11.3 Å². The smallest absolute Gasteiger partial charge is 0.0624 e. The second kappa shape index (κ2) is 7.65. The van der Waals surface area contributed by atoms with E-state index in [1.54, 1.807) is 0 Å². The van der Waals surface area contributed by atoms with Gasteiger partial charge in [0.05, 0.1) is 10.0 Å². The van der Waals surface area contributed by atoms with E-state index in [1.807, 2.05) is 18.2 Å². The van der Waals surface area contributed by atoms with Crippen LogP contribution in [0.4, 0.5) is 0 Å². The Morgan fingerprint density at radius 3 is 2.55 bits per heavy atom. The molecule has 0 saturated heterocycles. The molecule has 0 bridgehead atoms. The summed E-state index contributed by atoms with van der Waals surface area (Å²) in [5.74, 6) is 7.32. The molecule has 0 amide bonds. The average Bonchev–Trinajstić information content (AvgIpc) is 2.49. The number of halogens is 2. The Kier molecular flexibility index (Phi) is 6.16. The zero-order valence-corrected chi connectivity index (χ0v) is 13.6. The summed E-state index contributed by atoms with van der Waals surface area (Å²) in [6.45, 7) is 2.29. The van der Waals surface area contributed by atoms with Crippen molar-refractivity contribution in [3.63, 3.8) is 0 Å². The van der Waals surface area contributed by atoms with E-state index in [1.165, 1.54) is 32.1 Å². The maximum absolute atomic E-state index is 6.28. The number of hydrazine groups is 1. The van der Waals surface area contributed by atoms with Crippen LogP contribution in [0.15, 0.2) is 18.2 Å². The van der Waals surface area contributed by atoms with Crippen LogP contribution in [0.2, 0.25) is 10.0 Å². The third-order valence-electron chi connectivity index (χ3n) is 4.72. The van der Waals surface area contributed by atoms with Crippen molar-refractivity contribution in [2.45, 2.75) is 51.5 Å². The second-order valence-electron chi connectivity index (χ2n) is 5.88. The van der Waals surface area contributed by atoms with Crippen LogP contribution in [-0.2, 0) is 6.42 Å². The zero-order chi connectivity index (χ0) is 14.5. The van der Waals surface area contributed by atoms with Gasteiger partial charge in [-0.2, -0.15) is 0 Å². The summed E-state index contributed by atoms with van der Waals surface area (Å²) in [5.41, 5.74) is 4.08. The molecule has 112 valence electrons. The van der Waals surface area contributed by atoms with E-state index in [-0.39, 0.29) is 6.04 Å². The van der Waals surface area contributed by atoms with E-state index < -0.39 is 0 Å². The molecule has 0 spiro atoms. The van der Waals surface area contributed by atoms with Crippen molar-refractivity contribution in [2.24, 2.45) is 17.7 Å². The Balaban J connectivity index is 2.00. The molecule has 0 aliphatic heterocycles. The molecule has 1 atom stereocenters. The Morgan fingerprint density at radius 2 is 1.95 bits per heavy atom. The molecule has 1 aromatic rings. The minimum absolute atomic E-state index is 0.281. The van der Waals surface area contributed by atoms with Crippen LogP contribution in [0, 0.1) is 11.8 Å². The lowest BCUT2D eigenvalue weighted by Crippen LogP contribution is -2.43. The normalized spacial score (nSPS) is 24.6. The number of hydrogen-bond acceptors (Lipinski definition) is 2. The largest absolute Gasteiger partial charge is 0.271 e. The van der Waals surface area contributed by atoms with Gasteiger partial charge in [0, 0.05) is 6.04 Å². The average molecular weight is 315 g/mol. The highest BCUT2D eigenvalue weighted by Crippen LogP contribution is 2.34. The van der Waals surface area contributed by atoms with Crippen LogP contribution in [0.25, 0.3) is 0 Å². The first-order valence-corrected chi connectivity index (χ1v) is 8.30. The third kappa shape index (κ3) is 3.88. The molecule has 2 rings (SSSR count). The van der Waals surface area contributed by atoms with Crippen molar-refractivity contribution in [3.8, 4) is 0 Å². The van der Waals surface area contributed by atoms with Gasteiger partial charge in [-0.25, -0.2) is 0 Å². The fourth-order valence-corrected chi connectivity index (χ4v) is 3.70. The number of rotatable bonds is 5. The lowest BCUT2D eigenvalue weighted by Gasteiger charge is -2.33. The van der Waals surface area contributed by atoms with Crippen molar-refractivity contribution >= 4 is 23.2 Å². The molecule has 3 N–H and O–H groups in total. The molecule has 1 saturated carbocycles. The minimum Gasteiger partial charge on any atom is -0.271 e. The molecule has 1 aliphatic rings. The lowest BCUT2D eigenvalue weighted by atomic mass is 9.76. The Hall–Kier alpha value is -0.280. The first-order valence-electron chi connectivity index (χ1n) is 7.54. The van der Waals surface area contributed by atoms with Crippen molar-refractivity contribution in [1.82, 2.24) is 5.43 Å². The molecule has 2 nitrogen and oxygen atoms in total. The van der Waals surface area contributed by atoms with Gasteiger partial charge in [-0.05, 0) is 42.7 Å². The maximum Gasteiger partial charge on any atom is 0.0624 e. The summed E-state index contributed by atoms with van der Waals surface area (Å²) in [6.07, 6.45) is 7.30. The van der Waals surface area contributed by atoms with Crippen LogP contribution < -0.4 is 11.3 Å². The van der Waals surface area contributed by atoms with Gasteiger partial charge in [-0.1, -0.05) is 61.5 Å². The highest BCUT2D eigenvalue weighted by atomic mass is 35.5. The first-order chi connectivity index (χ1) is 9.65. The minimum atomic E-state index is 0.281. The van der Waals surface area contributed by atoms with E-state index >= 15 is 0 Å². The summed E-state index contributed by atoms with van der Waals surface area (Å²) >= 11 is 12.4. The summed E-state index contributed by atoms with van der Waals surface area (Å²) in [7, 11) is 0. The van der Waals surface area contributed by atoms with Crippen LogP contribution in [0.5, 0.6) is 0 Å². The van der Waals surface area contributed by atoms with Crippen LogP contribution in [-0.4, -0.2) is 6.04 Å². The van der Waals surface area contributed by atoms with E-state index in [0.717, 1.165) is 17.9 Å². The fourth-order valence-electron chi connectivity index (χ4n) is 3.30. The molecule has 1 aromatic carbocycles. The summed E-state index contributed by atoms with van der Waals surface area (Å²) in [6, 6.07) is 6.09. The van der Waals surface area contributed by atoms with E-state index in [0.29, 0.717) is 16.0 Å². The molecular formula is C16H24Cl2N2. The van der Waals surface area contributed by atoms with Crippen LogP contribution in [0.1, 0.15) is 44.6 Å². The quantitative estimate of drug-likeness (QED) is 0.616. The predicted octanol–water partition coefficient (Wildman–Crippen LogP) is 4.58. The zero-order valence-electron chi connectivity index (χ0n) is 12.0. The van der Waals surface area contributed by atoms with Gasteiger partial charge in [0.2, 0.25) is 0 Å². The molecule has 1 unspecified atom stereocenters. The summed E-state index contributed by atoms with van der Waals surface area (Å²) in [4.78, 5) is 0. The van der Waals surface area contributed by atoms with Crippen molar-refractivity contribution < 1.29 is 0 Å². The van der Waals surface area contributed by atoms with Crippen molar-refractivity contribution in [1.29, 1.82) is 0 Å². The van der Waals surface area contributed by atoms with E-state index in [9.17, 15) is 0 Å². The molecule has 4 heteroatoms. The van der Waals surface area contributed by atoms with Crippen LogP contribution in [0.3, 0.4) is 0 Å². The van der Waals surface area contributed by atoms with Gasteiger partial charge >= 0.3 is 0 Å². The SMILES string of the molecule is CCC1CCC(C(Cc2cccc(Cl)c2Cl)NN)CC1. The molecule has 1 fully saturated rings. The molecule has 20 heavy (non-hydrogen) atoms. The summed E-state index contributed by atoms with van der Waals surface area (Å²) < 4.78 is 0. The third-order valence-corrected chi connectivity index (χ3v) is 5.58. The van der Waals surface area contributed by atoms with E-state index in [4.69, 9.17) is 29.0 Å². The van der Waals surface area contributed by atoms with E-state index in [2.05, 4.69) is 12.3 Å². The Bertz CT molecular complexity index is 428. The predicted molar refractivity (Wildman–Crippen MR) is 87.0 cm³/mol. The van der Waals surface area contributed by atoms with Gasteiger partial charge in [-0.15, -0.1) is 0 Å².